The minimum absolute atomic E-state index is 0.260. The summed E-state index contributed by atoms with van der Waals surface area (Å²) in [5.41, 5.74) is 4.62. The lowest BCUT2D eigenvalue weighted by Crippen LogP contribution is -2.41. The Bertz CT molecular complexity index is 1050. The summed E-state index contributed by atoms with van der Waals surface area (Å²) in [6, 6.07) is 15.0. The molecule has 0 saturated carbocycles. The number of hydrazine groups is 1. The number of benzene rings is 2. The van der Waals surface area contributed by atoms with E-state index in [4.69, 9.17) is 4.98 Å². The number of hydrogen-bond acceptors (Lipinski definition) is 4. The molecule has 4 nitrogen and oxygen atoms in total. The first kappa shape index (κ1) is 18.3. The summed E-state index contributed by atoms with van der Waals surface area (Å²) in [6.07, 6.45) is 5.92. The topological polar surface area (TPSA) is 35.2 Å². The van der Waals surface area contributed by atoms with Gasteiger partial charge in [-0.1, -0.05) is 58.0 Å². The second-order valence-corrected chi connectivity index (χ2v) is 9.67. The van der Waals surface area contributed by atoms with Crippen molar-refractivity contribution in [1.29, 1.82) is 0 Å². The molecular formula is C22H22BrN4S. The maximum absolute atomic E-state index is 4.94. The Morgan fingerprint density at radius 1 is 1.25 bits per heavy atom. The number of H-pyrrole nitrogens is 1. The molecular weight excluding hydrogens is 432 g/mol. The quantitative estimate of drug-likeness (QED) is 0.536. The number of nitrogens with zero attached hydrogens (tertiary/aromatic N) is 3. The van der Waals surface area contributed by atoms with Gasteiger partial charge in [0.2, 0.25) is 0 Å². The van der Waals surface area contributed by atoms with Crippen LogP contribution in [0.15, 0.2) is 46.9 Å². The molecule has 1 N–H and O–H groups in total. The van der Waals surface area contributed by atoms with Crippen LogP contribution < -0.4 is 0 Å². The molecule has 2 aromatic carbocycles. The van der Waals surface area contributed by atoms with Crippen molar-refractivity contribution < 1.29 is 0 Å². The maximum atomic E-state index is 4.94. The van der Waals surface area contributed by atoms with Crippen molar-refractivity contribution in [3.8, 4) is 0 Å². The van der Waals surface area contributed by atoms with Crippen molar-refractivity contribution in [1.82, 2.24) is 20.0 Å². The Labute approximate surface area is 178 Å². The van der Waals surface area contributed by atoms with Crippen molar-refractivity contribution in [3.05, 3.63) is 70.1 Å². The third-order valence-corrected chi connectivity index (χ3v) is 7.04. The van der Waals surface area contributed by atoms with Gasteiger partial charge in [0.1, 0.15) is 5.82 Å². The second-order valence-electron chi connectivity index (χ2n) is 7.43. The zero-order valence-corrected chi connectivity index (χ0v) is 18.3. The molecule has 0 amide bonds. The molecule has 1 aromatic heterocycles. The number of aromatic amines is 1. The van der Waals surface area contributed by atoms with Crippen molar-refractivity contribution in [2.24, 2.45) is 0 Å². The summed E-state index contributed by atoms with van der Waals surface area (Å²) in [5, 5.41) is 5.06. The van der Waals surface area contributed by atoms with E-state index in [-0.39, 0.29) is 6.04 Å². The number of fused-ring (bicyclic) bond motifs is 1. The molecule has 28 heavy (non-hydrogen) atoms. The van der Waals surface area contributed by atoms with Crippen LogP contribution in [-0.4, -0.2) is 31.9 Å². The highest BCUT2D eigenvalue weighted by atomic mass is 79.9. The van der Waals surface area contributed by atoms with Gasteiger partial charge in [-0.25, -0.2) is 9.99 Å². The van der Waals surface area contributed by atoms with Gasteiger partial charge < -0.3 is 4.98 Å². The molecule has 1 radical (unpaired) electrons. The average molecular weight is 454 g/mol. The minimum atomic E-state index is 0.260. The average Bonchev–Trinajstić information content (AvgIpc) is 3.39. The summed E-state index contributed by atoms with van der Waals surface area (Å²) in [6.45, 7) is 5.41. The predicted octanol–water partition coefficient (Wildman–Crippen LogP) is 5.88. The summed E-state index contributed by atoms with van der Waals surface area (Å²) < 4.78 is 1.08. The summed E-state index contributed by atoms with van der Waals surface area (Å²) >= 11 is 5.46. The van der Waals surface area contributed by atoms with E-state index >= 15 is 0 Å². The molecule has 1 saturated heterocycles. The Hall–Kier alpha value is -1.76. The molecule has 1 fully saturated rings. The van der Waals surface area contributed by atoms with Gasteiger partial charge in [-0.2, -0.15) is 0 Å². The van der Waals surface area contributed by atoms with E-state index in [9.17, 15) is 0 Å². The molecule has 0 aliphatic carbocycles. The highest BCUT2D eigenvalue weighted by Crippen LogP contribution is 2.43. The number of thioether (sulfide) groups is 1. The number of aromatic nitrogens is 2. The lowest BCUT2D eigenvalue weighted by Gasteiger charge is -2.34. The summed E-state index contributed by atoms with van der Waals surface area (Å²) in [5.74, 6) is 1.06. The SMILES string of the molecule is Cc1cc(Br)cc2nc(C3CCCN3N3[C]=C(c4ccccc4)SC3C)[nH]c12. The molecule has 2 aliphatic rings. The van der Waals surface area contributed by atoms with Crippen LogP contribution >= 0.6 is 27.7 Å². The van der Waals surface area contributed by atoms with Gasteiger partial charge in [-0.3, -0.25) is 5.01 Å². The van der Waals surface area contributed by atoms with Crippen molar-refractivity contribution >= 4 is 43.6 Å². The van der Waals surface area contributed by atoms with Gasteiger partial charge in [-0.15, -0.1) is 0 Å². The number of imidazole rings is 1. The fourth-order valence-corrected chi connectivity index (χ4v) is 5.74. The normalized spacial score (nSPS) is 23.0. The van der Waals surface area contributed by atoms with Crippen LogP contribution in [0.2, 0.25) is 0 Å². The molecule has 0 bridgehead atoms. The largest absolute Gasteiger partial charge is 0.340 e. The number of hydrogen-bond donors (Lipinski definition) is 1. The van der Waals surface area contributed by atoms with Crippen LogP contribution in [0.3, 0.4) is 0 Å². The van der Waals surface area contributed by atoms with Crippen LogP contribution in [0.1, 0.15) is 42.8 Å². The smallest absolute Gasteiger partial charge is 0.126 e. The molecule has 2 atom stereocenters. The fourth-order valence-electron chi connectivity index (χ4n) is 4.14. The molecule has 5 rings (SSSR count). The Balaban J connectivity index is 1.47. The van der Waals surface area contributed by atoms with Crippen molar-refractivity contribution in [3.63, 3.8) is 0 Å². The van der Waals surface area contributed by atoms with Crippen LogP contribution in [0, 0.1) is 13.1 Å². The van der Waals surface area contributed by atoms with Gasteiger partial charge >= 0.3 is 0 Å². The maximum Gasteiger partial charge on any atom is 0.126 e. The third-order valence-electron chi connectivity index (χ3n) is 5.48. The van der Waals surface area contributed by atoms with Gasteiger partial charge in [0.25, 0.3) is 0 Å². The summed E-state index contributed by atoms with van der Waals surface area (Å²) in [4.78, 5) is 9.76. The first-order chi connectivity index (χ1) is 13.6. The zero-order valence-electron chi connectivity index (χ0n) is 15.9. The lowest BCUT2D eigenvalue weighted by atomic mass is 10.2. The molecule has 0 spiro atoms. The van der Waals surface area contributed by atoms with Crippen molar-refractivity contribution in [2.75, 3.05) is 6.54 Å². The second kappa shape index (κ2) is 7.25. The molecule has 143 valence electrons. The van der Waals surface area contributed by atoms with E-state index < -0.39 is 0 Å². The number of halogens is 1. The first-order valence-corrected chi connectivity index (χ1v) is 11.3. The summed E-state index contributed by atoms with van der Waals surface area (Å²) in [7, 11) is 0. The van der Waals surface area contributed by atoms with Crippen LogP contribution in [0.25, 0.3) is 15.9 Å². The van der Waals surface area contributed by atoms with Crippen LogP contribution in [0.4, 0.5) is 0 Å². The van der Waals surface area contributed by atoms with E-state index in [1.807, 2.05) is 11.8 Å². The van der Waals surface area contributed by atoms with E-state index in [1.54, 1.807) is 0 Å². The number of nitrogens with one attached hydrogen (secondary N) is 1. The highest BCUT2D eigenvalue weighted by Gasteiger charge is 2.37. The Morgan fingerprint density at radius 3 is 2.89 bits per heavy atom. The first-order valence-electron chi connectivity index (χ1n) is 9.67. The van der Waals surface area contributed by atoms with Crippen LogP contribution in [-0.2, 0) is 0 Å². The standard InChI is InChI=1S/C22H22BrN4S/c1-14-11-17(23)12-18-21(14)25-22(24-18)19-9-6-10-26(19)27-13-20(28-15(27)2)16-7-4-3-5-8-16/h3-5,7-8,11-12,15,19H,6,9-10H2,1-2H3,(H,24,25). The van der Waals surface area contributed by atoms with E-state index in [0.717, 1.165) is 34.3 Å². The molecule has 2 aliphatic heterocycles. The van der Waals surface area contributed by atoms with Crippen molar-refractivity contribution in [2.45, 2.75) is 38.1 Å². The molecule has 6 heteroatoms. The van der Waals surface area contributed by atoms with E-state index in [1.165, 1.54) is 22.5 Å². The zero-order chi connectivity index (χ0) is 19.3. The van der Waals surface area contributed by atoms with Gasteiger partial charge in [0.05, 0.1) is 28.6 Å². The lowest BCUT2D eigenvalue weighted by molar-refractivity contribution is -0.00548. The van der Waals surface area contributed by atoms with E-state index in [2.05, 4.69) is 93.4 Å². The number of rotatable bonds is 3. The third kappa shape index (κ3) is 3.17. The molecule has 3 aromatic rings. The van der Waals surface area contributed by atoms with Crippen LogP contribution in [0.5, 0.6) is 0 Å². The van der Waals surface area contributed by atoms with Gasteiger partial charge in [-0.05, 0) is 49.9 Å². The minimum Gasteiger partial charge on any atom is -0.340 e. The molecule has 2 unspecified atom stereocenters. The molecule has 3 heterocycles. The highest BCUT2D eigenvalue weighted by molar-refractivity contribution is 9.10. The van der Waals surface area contributed by atoms with E-state index in [0.29, 0.717) is 5.37 Å². The Morgan fingerprint density at radius 2 is 2.07 bits per heavy atom. The van der Waals surface area contributed by atoms with Gasteiger partial charge in [0, 0.05) is 15.9 Å². The Kier molecular flexibility index (Phi) is 4.73. The predicted molar refractivity (Wildman–Crippen MR) is 119 cm³/mol. The monoisotopic (exact) mass is 453 g/mol. The van der Waals surface area contributed by atoms with Gasteiger partial charge in [0.15, 0.2) is 0 Å². The fraction of sp³-hybridized carbons (Fsp3) is 0.318. The number of aryl methyl sites for hydroxylation is 1.